The van der Waals surface area contributed by atoms with Crippen molar-refractivity contribution in [2.75, 3.05) is 25.5 Å². The first-order chi connectivity index (χ1) is 10.1. The van der Waals surface area contributed by atoms with Gasteiger partial charge in [-0.25, -0.2) is 9.67 Å². The zero-order valence-corrected chi connectivity index (χ0v) is 12.8. The molecule has 2 rings (SSSR count). The topological polar surface area (TPSA) is 80.1 Å². The van der Waals surface area contributed by atoms with Gasteiger partial charge in [0, 0.05) is 44.7 Å². The van der Waals surface area contributed by atoms with Crippen LogP contribution in [0.1, 0.15) is 5.01 Å². The van der Waals surface area contributed by atoms with E-state index in [-0.39, 0.29) is 18.0 Å². The van der Waals surface area contributed by atoms with Crippen LogP contribution in [0.2, 0.25) is 0 Å². The van der Waals surface area contributed by atoms with Crippen molar-refractivity contribution in [3.05, 3.63) is 39.2 Å². The number of carbonyl (C=O) groups is 1. The van der Waals surface area contributed by atoms with E-state index in [0.717, 1.165) is 9.69 Å². The van der Waals surface area contributed by atoms with E-state index in [4.69, 9.17) is 0 Å². The van der Waals surface area contributed by atoms with Crippen molar-refractivity contribution < 1.29 is 4.79 Å². The number of rotatable bonds is 6. The highest BCUT2D eigenvalue weighted by molar-refractivity contribution is 7.09. The van der Waals surface area contributed by atoms with Gasteiger partial charge in [0.15, 0.2) is 0 Å². The highest BCUT2D eigenvalue weighted by atomic mass is 32.1. The van der Waals surface area contributed by atoms with Crippen LogP contribution in [-0.4, -0.2) is 41.3 Å². The first-order valence-electron chi connectivity index (χ1n) is 6.46. The Hall–Kier alpha value is -2.22. The Morgan fingerprint density at radius 2 is 2.29 bits per heavy atom. The highest BCUT2D eigenvalue weighted by Gasteiger charge is 2.07. The van der Waals surface area contributed by atoms with Gasteiger partial charge in [0.1, 0.15) is 6.54 Å². The molecule has 0 spiro atoms. The predicted molar refractivity (Wildman–Crippen MR) is 81.7 cm³/mol. The number of aromatic nitrogens is 3. The lowest BCUT2D eigenvalue weighted by atomic mass is 10.4. The molecule has 7 nitrogen and oxygen atoms in total. The van der Waals surface area contributed by atoms with Crippen molar-refractivity contribution >= 4 is 22.9 Å². The van der Waals surface area contributed by atoms with Crippen LogP contribution in [-0.2, 0) is 17.8 Å². The fourth-order valence-electron chi connectivity index (χ4n) is 1.66. The first kappa shape index (κ1) is 15.2. The summed E-state index contributed by atoms with van der Waals surface area (Å²) in [5.41, 5.74) is 0.414. The standard InChI is InChI=1S/C13H17N5O2S/c1-17(2)10-7-13(20)18(16-8-10)9-11(19)14-4-3-12-15-5-6-21-12/h5-8H,3-4,9H2,1-2H3,(H,14,19). The quantitative estimate of drug-likeness (QED) is 0.820. The van der Waals surface area contributed by atoms with E-state index in [1.807, 2.05) is 19.5 Å². The third-order valence-corrected chi connectivity index (χ3v) is 3.65. The van der Waals surface area contributed by atoms with Crippen LogP contribution in [0.5, 0.6) is 0 Å². The van der Waals surface area contributed by atoms with Crippen LogP contribution in [0.3, 0.4) is 0 Å². The molecule has 0 aromatic carbocycles. The third-order valence-electron chi connectivity index (χ3n) is 2.81. The number of amides is 1. The average molecular weight is 307 g/mol. The maximum atomic E-state index is 11.8. The molecule has 2 aromatic rings. The SMILES string of the molecule is CN(C)c1cnn(CC(=O)NCCc2nccs2)c(=O)c1. The molecule has 0 atom stereocenters. The van der Waals surface area contributed by atoms with Crippen molar-refractivity contribution in [3.63, 3.8) is 0 Å². The Bertz CT molecular complexity index is 651. The largest absolute Gasteiger partial charge is 0.376 e. The molecule has 112 valence electrons. The minimum atomic E-state index is -0.295. The van der Waals surface area contributed by atoms with Crippen LogP contribution in [0.4, 0.5) is 5.69 Å². The smallest absolute Gasteiger partial charge is 0.269 e. The summed E-state index contributed by atoms with van der Waals surface area (Å²) in [4.78, 5) is 29.5. The summed E-state index contributed by atoms with van der Waals surface area (Å²) in [7, 11) is 3.65. The average Bonchev–Trinajstić information content (AvgIpc) is 2.94. The van der Waals surface area contributed by atoms with Gasteiger partial charge in [-0.3, -0.25) is 9.59 Å². The molecule has 0 saturated heterocycles. The van der Waals surface area contributed by atoms with Gasteiger partial charge in [-0.1, -0.05) is 0 Å². The molecule has 2 aromatic heterocycles. The summed E-state index contributed by atoms with van der Waals surface area (Å²) in [5.74, 6) is -0.237. The molecule has 0 unspecified atom stereocenters. The van der Waals surface area contributed by atoms with Gasteiger partial charge in [0.25, 0.3) is 5.56 Å². The Morgan fingerprint density at radius 3 is 2.90 bits per heavy atom. The Balaban J connectivity index is 1.86. The number of nitrogens with zero attached hydrogens (tertiary/aromatic N) is 4. The van der Waals surface area contributed by atoms with Gasteiger partial charge < -0.3 is 10.2 Å². The minimum absolute atomic E-state index is 0.0790. The second-order valence-corrected chi connectivity index (χ2v) is 5.61. The molecule has 0 aliphatic heterocycles. The van der Waals surface area contributed by atoms with Gasteiger partial charge in [-0.15, -0.1) is 11.3 Å². The molecular weight excluding hydrogens is 290 g/mol. The number of hydrogen-bond acceptors (Lipinski definition) is 6. The maximum Gasteiger partial charge on any atom is 0.269 e. The minimum Gasteiger partial charge on any atom is -0.376 e. The third kappa shape index (κ3) is 4.38. The van der Waals surface area contributed by atoms with Crippen LogP contribution < -0.4 is 15.8 Å². The van der Waals surface area contributed by atoms with Crippen molar-refractivity contribution in [3.8, 4) is 0 Å². The molecule has 0 saturated carbocycles. The summed E-state index contributed by atoms with van der Waals surface area (Å²) in [5, 5.41) is 9.61. The number of nitrogens with one attached hydrogen (secondary N) is 1. The van der Waals surface area contributed by atoms with E-state index < -0.39 is 0 Å². The molecule has 0 radical (unpaired) electrons. The molecule has 0 aliphatic carbocycles. The number of hydrogen-bond donors (Lipinski definition) is 1. The summed E-state index contributed by atoms with van der Waals surface area (Å²) in [6, 6.07) is 1.45. The molecule has 1 N–H and O–H groups in total. The monoisotopic (exact) mass is 307 g/mol. The van der Waals surface area contributed by atoms with Gasteiger partial charge in [0.2, 0.25) is 5.91 Å². The molecule has 0 bridgehead atoms. The van der Waals surface area contributed by atoms with E-state index in [9.17, 15) is 9.59 Å². The molecule has 0 aliphatic rings. The molecule has 1 amide bonds. The lowest BCUT2D eigenvalue weighted by Gasteiger charge is -2.12. The van der Waals surface area contributed by atoms with Crippen LogP contribution in [0.15, 0.2) is 28.6 Å². The second kappa shape index (κ2) is 6.98. The van der Waals surface area contributed by atoms with Gasteiger partial charge >= 0.3 is 0 Å². The highest BCUT2D eigenvalue weighted by Crippen LogP contribution is 2.04. The number of thiazole rings is 1. The van der Waals surface area contributed by atoms with E-state index in [2.05, 4.69) is 15.4 Å². The lowest BCUT2D eigenvalue weighted by Crippen LogP contribution is -2.34. The fraction of sp³-hybridized carbons (Fsp3) is 0.385. The van der Waals surface area contributed by atoms with E-state index in [1.165, 1.54) is 6.07 Å². The van der Waals surface area contributed by atoms with E-state index in [1.54, 1.807) is 28.6 Å². The fourth-order valence-corrected chi connectivity index (χ4v) is 2.28. The van der Waals surface area contributed by atoms with Crippen LogP contribution in [0.25, 0.3) is 0 Å². The number of carbonyl (C=O) groups excluding carboxylic acids is 1. The second-order valence-electron chi connectivity index (χ2n) is 4.63. The molecular formula is C13H17N5O2S. The first-order valence-corrected chi connectivity index (χ1v) is 7.34. The van der Waals surface area contributed by atoms with Crippen LogP contribution >= 0.6 is 11.3 Å². The van der Waals surface area contributed by atoms with Gasteiger partial charge in [-0.05, 0) is 0 Å². The Kier molecular flexibility index (Phi) is 5.04. The molecule has 21 heavy (non-hydrogen) atoms. The van der Waals surface area contributed by atoms with E-state index in [0.29, 0.717) is 18.7 Å². The van der Waals surface area contributed by atoms with Crippen molar-refractivity contribution in [2.24, 2.45) is 0 Å². The number of anilines is 1. The Morgan fingerprint density at radius 1 is 1.48 bits per heavy atom. The zero-order valence-electron chi connectivity index (χ0n) is 11.9. The lowest BCUT2D eigenvalue weighted by molar-refractivity contribution is -0.121. The van der Waals surface area contributed by atoms with Gasteiger partial charge in [0.05, 0.1) is 16.9 Å². The zero-order chi connectivity index (χ0) is 15.2. The van der Waals surface area contributed by atoms with Gasteiger partial charge in [-0.2, -0.15) is 5.10 Å². The Labute approximate surface area is 126 Å². The van der Waals surface area contributed by atoms with E-state index >= 15 is 0 Å². The summed E-state index contributed by atoms with van der Waals surface area (Å²) >= 11 is 1.55. The summed E-state index contributed by atoms with van der Waals surface area (Å²) in [6.07, 6.45) is 3.98. The molecule has 0 fully saturated rings. The van der Waals surface area contributed by atoms with Crippen LogP contribution in [0, 0.1) is 0 Å². The predicted octanol–water partition coefficient (Wildman–Crippen LogP) is 0.125. The normalized spacial score (nSPS) is 10.4. The van der Waals surface area contributed by atoms with Crippen molar-refractivity contribution in [1.82, 2.24) is 20.1 Å². The van der Waals surface area contributed by atoms with Crippen molar-refractivity contribution in [1.29, 1.82) is 0 Å². The maximum absolute atomic E-state index is 11.8. The van der Waals surface area contributed by atoms with Crippen molar-refractivity contribution in [2.45, 2.75) is 13.0 Å². The summed E-state index contributed by atoms with van der Waals surface area (Å²) < 4.78 is 1.14. The molecule has 2 heterocycles. The molecule has 8 heteroatoms. The summed E-state index contributed by atoms with van der Waals surface area (Å²) in [6.45, 7) is 0.418.